The number of carbonyl (C=O) groups excluding carboxylic acids is 1. The second-order valence-corrected chi connectivity index (χ2v) is 8.31. The fourth-order valence-corrected chi connectivity index (χ4v) is 3.28. The van der Waals surface area contributed by atoms with Gasteiger partial charge in [-0.05, 0) is 38.6 Å². The molecule has 1 aromatic carbocycles. The molecule has 1 aromatic heterocycles. The van der Waals surface area contributed by atoms with Crippen LogP contribution in [-0.4, -0.2) is 69.2 Å². The van der Waals surface area contributed by atoms with E-state index in [4.69, 9.17) is 4.74 Å². The summed E-state index contributed by atoms with van der Waals surface area (Å²) >= 11 is 0. The molecule has 1 aliphatic heterocycles. The predicted molar refractivity (Wildman–Crippen MR) is 113 cm³/mol. The van der Waals surface area contributed by atoms with E-state index in [0.717, 1.165) is 11.3 Å². The largest absolute Gasteiger partial charge is 0.508 e. The van der Waals surface area contributed by atoms with Gasteiger partial charge in [0.2, 0.25) is 0 Å². The molecule has 30 heavy (non-hydrogen) atoms. The lowest BCUT2D eigenvalue weighted by Gasteiger charge is -2.29. The van der Waals surface area contributed by atoms with E-state index in [-0.39, 0.29) is 34.9 Å². The van der Waals surface area contributed by atoms with Crippen molar-refractivity contribution >= 4 is 5.91 Å². The zero-order valence-electron chi connectivity index (χ0n) is 18.2. The van der Waals surface area contributed by atoms with Gasteiger partial charge in [0.1, 0.15) is 18.1 Å². The summed E-state index contributed by atoms with van der Waals surface area (Å²) in [7, 11) is 3.98. The first kappa shape index (κ1) is 21.8. The van der Waals surface area contributed by atoms with Crippen molar-refractivity contribution in [1.29, 1.82) is 0 Å². The van der Waals surface area contributed by atoms with Crippen LogP contribution in [0.25, 0.3) is 0 Å². The molecule has 3 rings (SSSR count). The molecule has 8 nitrogen and oxygen atoms in total. The third-order valence-corrected chi connectivity index (χ3v) is 5.53. The smallest absolute Gasteiger partial charge is 0.316 e. The summed E-state index contributed by atoms with van der Waals surface area (Å²) in [6, 6.07) is 3.40. The second-order valence-electron chi connectivity index (χ2n) is 8.31. The molecule has 162 valence electrons. The molecule has 0 spiro atoms. The average Bonchev–Trinajstić information content (AvgIpc) is 2.70. The number of rotatable bonds is 6. The fourth-order valence-electron chi connectivity index (χ4n) is 3.28. The number of fused-ring (bicyclic) bond motifs is 1. The summed E-state index contributed by atoms with van der Waals surface area (Å²) in [5, 5.41) is 20.2. The number of aromatic nitrogens is 2. The van der Waals surface area contributed by atoms with Crippen molar-refractivity contribution < 1.29 is 19.7 Å². The maximum atomic E-state index is 13.0. The maximum Gasteiger partial charge on any atom is 0.316 e. The molecule has 0 saturated carbocycles. The molecule has 0 fully saturated rings. The Balaban J connectivity index is 1.74. The molecule has 1 aliphatic rings. The summed E-state index contributed by atoms with van der Waals surface area (Å²) in [4.78, 5) is 25.6. The fraction of sp³-hybridized carbons (Fsp3) is 0.500. The lowest BCUT2D eigenvalue weighted by molar-refractivity contribution is 0.0729. The number of likely N-dealkylation sites (N-methyl/N-ethyl adjacent to an activating group) is 1. The first-order chi connectivity index (χ1) is 14.2. The van der Waals surface area contributed by atoms with Gasteiger partial charge in [-0.1, -0.05) is 13.8 Å². The SMILES string of the molecule is CC(C)c1cc(C(=O)N2CCc3nc(OCC(C)N(C)C)ncc3C2)c(O)cc1O. The van der Waals surface area contributed by atoms with E-state index in [2.05, 4.69) is 21.8 Å². The number of benzene rings is 1. The van der Waals surface area contributed by atoms with Crippen molar-refractivity contribution in [3.63, 3.8) is 0 Å². The van der Waals surface area contributed by atoms with Gasteiger partial charge >= 0.3 is 6.01 Å². The van der Waals surface area contributed by atoms with Crippen molar-refractivity contribution in [3.8, 4) is 17.5 Å². The van der Waals surface area contributed by atoms with Gasteiger partial charge in [-0.15, -0.1) is 0 Å². The normalized spacial score (nSPS) is 14.7. The van der Waals surface area contributed by atoms with Gasteiger partial charge in [0.25, 0.3) is 5.91 Å². The molecular formula is C22H30N4O4. The highest BCUT2D eigenvalue weighted by atomic mass is 16.5. The minimum Gasteiger partial charge on any atom is -0.508 e. The lowest BCUT2D eigenvalue weighted by atomic mass is 9.97. The van der Waals surface area contributed by atoms with E-state index < -0.39 is 0 Å². The highest BCUT2D eigenvalue weighted by Gasteiger charge is 2.26. The molecular weight excluding hydrogens is 384 g/mol. The zero-order valence-corrected chi connectivity index (χ0v) is 18.2. The average molecular weight is 415 g/mol. The van der Waals surface area contributed by atoms with Gasteiger partial charge < -0.3 is 24.7 Å². The molecule has 1 atom stereocenters. The summed E-state index contributed by atoms with van der Waals surface area (Å²) in [6.07, 6.45) is 2.28. The van der Waals surface area contributed by atoms with E-state index in [1.54, 1.807) is 17.2 Å². The number of amides is 1. The van der Waals surface area contributed by atoms with Gasteiger partial charge in [-0.25, -0.2) is 4.98 Å². The topological polar surface area (TPSA) is 99.0 Å². The molecule has 0 aliphatic carbocycles. The summed E-state index contributed by atoms with van der Waals surface area (Å²) in [6.45, 7) is 7.25. The highest BCUT2D eigenvalue weighted by molar-refractivity contribution is 5.97. The Kier molecular flexibility index (Phi) is 6.45. The number of ether oxygens (including phenoxy) is 1. The lowest BCUT2D eigenvalue weighted by Crippen LogP contribution is -2.36. The Morgan fingerprint density at radius 2 is 1.97 bits per heavy atom. The zero-order chi connectivity index (χ0) is 22.0. The van der Waals surface area contributed by atoms with Gasteiger partial charge in [-0.3, -0.25) is 4.79 Å². The highest BCUT2D eigenvalue weighted by Crippen LogP contribution is 2.33. The van der Waals surface area contributed by atoms with Crippen molar-refractivity contribution in [2.24, 2.45) is 0 Å². The van der Waals surface area contributed by atoms with E-state index in [1.807, 2.05) is 27.9 Å². The molecule has 0 bridgehead atoms. The van der Waals surface area contributed by atoms with Crippen molar-refractivity contribution in [1.82, 2.24) is 19.8 Å². The van der Waals surface area contributed by atoms with Crippen LogP contribution in [-0.2, 0) is 13.0 Å². The summed E-state index contributed by atoms with van der Waals surface area (Å²) in [5.41, 5.74) is 2.56. The molecule has 2 heterocycles. The Bertz CT molecular complexity index is 930. The van der Waals surface area contributed by atoms with Gasteiger partial charge in [0, 0.05) is 43.4 Å². The molecule has 0 radical (unpaired) electrons. The van der Waals surface area contributed by atoms with Crippen LogP contribution < -0.4 is 4.74 Å². The van der Waals surface area contributed by atoms with E-state index in [1.165, 1.54) is 6.07 Å². The third-order valence-electron chi connectivity index (χ3n) is 5.53. The minimum absolute atomic E-state index is 0.00689. The molecule has 1 amide bonds. The van der Waals surface area contributed by atoms with Crippen LogP contribution in [0, 0.1) is 0 Å². The van der Waals surface area contributed by atoms with Crippen LogP contribution in [0.2, 0.25) is 0 Å². The van der Waals surface area contributed by atoms with Crippen LogP contribution in [0.15, 0.2) is 18.3 Å². The molecule has 8 heteroatoms. The molecule has 2 N–H and O–H groups in total. The van der Waals surface area contributed by atoms with Crippen LogP contribution in [0.5, 0.6) is 17.5 Å². The molecule has 1 unspecified atom stereocenters. The Hall–Kier alpha value is -2.87. The number of aromatic hydroxyl groups is 2. The van der Waals surface area contributed by atoms with Crippen LogP contribution in [0.4, 0.5) is 0 Å². The number of hydrogen-bond donors (Lipinski definition) is 2. The monoisotopic (exact) mass is 414 g/mol. The van der Waals surface area contributed by atoms with Gasteiger partial charge in [0.15, 0.2) is 0 Å². The first-order valence-corrected chi connectivity index (χ1v) is 10.2. The van der Waals surface area contributed by atoms with Crippen LogP contribution >= 0.6 is 0 Å². The maximum absolute atomic E-state index is 13.0. The van der Waals surface area contributed by atoms with Crippen LogP contribution in [0.3, 0.4) is 0 Å². The number of nitrogens with zero attached hydrogens (tertiary/aromatic N) is 4. The van der Waals surface area contributed by atoms with Crippen molar-refractivity contribution in [2.75, 3.05) is 27.2 Å². The second kappa shape index (κ2) is 8.87. The molecule has 0 saturated heterocycles. The quantitative estimate of drug-likeness (QED) is 0.749. The third kappa shape index (κ3) is 4.64. The number of hydrogen-bond acceptors (Lipinski definition) is 7. The van der Waals surface area contributed by atoms with Crippen LogP contribution in [0.1, 0.15) is 53.9 Å². The number of phenols is 2. The van der Waals surface area contributed by atoms with Gasteiger partial charge in [-0.2, -0.15) is 4.98 Å². The summed E-state index contributed by atoms with van der Waals surface area (Å²) < 4.78 is 5.70. The summed E-state index contributed by atoms with van der Waals surface area (Å²) in [5.74, 6) is -0.475. The van der Waals surface area contributed by atoms with E-state index in [0.29, 0.717) is 37.7 Å². The first-order valence-electron chi connectivity index (χ1n) is 10.2. The Labute approximate surface area is 177 Å². The predicted octanol–water partition coefficient (Wildman–Crippen LogP) is 2.54. The van der Waals surface area contributed by atoms with E-state index >= 15 is 0 Å². The van der Waals surface area contributed by atoms with Crippen molar-refractivity contribution in [3.05, 3.63) is 40.7 Å². The number of phenolic OH excluding ortho intramolecular Hbond substituents is 2. The standard InChI is InChI=1S/C22H30N4O4/c1-13(2)16-8-17(20(28)9-19(16)27)21(29)26-7-6-18-15(11-26)10-23-22(24-18)30-12-14(3)25(4)5/h8-10,13-14,27-28H,6-7,11-12H2,1-5H3. The van der Waals surface area contributed by atoms with Crippen molar-refractivity contribution in [2.45, 2.75) is 45.7 Å². The van der Waals surface area contributed by atoms with E-state index in [9.17, 15) is 15.0 Å². The molecule has 2 aromatic rings. The Morgan fingerprint density at radius 3 is 2.63 bits per heavy atom. The Morgan fingerprint density at radius 1 is 1.23 bits per heavy atom. The van der Waals surface area contributed by atoms with Gasteiger partial charge in [0.05, 0.1) is 11.3 Å². The number of carbonyl (C=O) groups is 1. The minimum atomic E-state index is -0.278.